The molecule has 4 heteroatoms. The van der Waals surface area contributed by atoms with E-state index in [0.29, 0.717) is 18.2 Å². The SMILES string of the molecule is CCN(CC(NC)c1cccc(F)c1F)C(C)C. The monoisotopic (exact) mass is 256 g/mol. The molecule has 102 valence electrons. The van der Waals surface area contributed by atoms with Crippen molar-refractivity contribution in [2.75, 3.05) is 20.1 Å². The molecule has 0 aromatic heterocycles. The predicted octanol–water partition coefficient (Wildman–Crippen LogP) is 2.96. The molecule has 0 radical (unpaired) electrons. The molecule has 0 bridgehead atoms. The van der Waals surface area contributed by atoms with Gasteiger partial charge in [0.15, 0.2) is 11.6 Å². The summed E-state index contributed by atoms with van der Waals surface area (Å²) in [5.41, 5.74) is 0.386. The van der Waals surface area contributed by atoms with Crippen molar-refractivity contribution in [2.45, 2.75) is 32.9 Å². The van der Waals surface area contributed by atoms with Crippen molar-refractivity contribution in [1.82, 2.24) is 10.2 Å². The highest BCUT2D eigenvalue weighted by Crippen LogP contribution is 2.20. The molecular formula is C14H22F2N2. The quantitative estimate of drug-likeness (QED) is 0.842. The summed E-state index contributed by atoms with van der Waals surface area (Å²) in [4.78, 5) is 2.21. The lowest BCUT2D eigenvalue weighted by atomic mass is 10.0. The second-order valence-corrected chi connectivity index (χ2v) is 4.67. The molecule has 18 heavy (non-hydrogen) atoms. The standard InChI is InChI=1S/C14H22F2N2/c1-5-18(10(2)3)9-13(17-4)11-7-6-8-12(15)14(11)16/h6-8,10,13,17H,5,9H2,1-4H3. The van der Waals surface area contributed by atoms with Crippen molar-refractivity contribution in [3.05, 3.63) is 35.4 Å². The fraction of sp³-hybridized carbons (Fsp3) is 0.571. The molecule has 1 aromatic carbocycles. The zero-order chi connectivity index (χ0) is 13.7. The maximum absolute atomic E-state index is 13.8. The highest BCUT2D eigenvalue weighted by molar-refractivity contribution is 5.22. The van der Waals surface area contributed by atoms with Gasteiger partial charge in [0.25, 0.3) is 0 Å². The Kier molecular flexibility index (Phi) is 5.69. The summed E-state index contributed by atoms with van der Waals surface area (Å²) in [6.07, 6.45) is 0. The molecule has 1 N–H and O–H groups in total. The van der Waals surface area contributed by atoms with E-state index < -0.39 is 11.6 Å². The van der Waals surface area contributed by atoms with Gasteiger partial charge >= 0.3 is 0 Å². The molecule has 1 unspecified atom stereocenters. The number of benzene rings is 1. The zero-order valence-electron chi connectivity index (χ0n) is 11.5. The summed E-state index contributed by atoms with van der Waals surface area (Å²) < 4.78 is 27.0. The second kappa shape index (κ2) is 6.81. The number of rotatable bonds is 6. The van der Waals surface area contributed by atoms with E-state index >= 15 is 0 Å². The average molecular weight is 256 g/mol. The minimum Gasteiger partial charge on any atom is -0.312 e. The van der Waals surface area contributed by atoms with E-state index in [1.807, 2.05) is 0 Å². The molecule has 1 aromatic rings. The molecule has 1 atom stereocenters. The van der Waals surface area contributed by atoms with Crippen molar-refractivity contribution < 1.29 is 8.78 Å². The second-order valence-electron chi connectivity index (χ2n) is 4.67. The Bertz CT molecular complexity index is 380. The predicted molar refractivity (Wildman–Crippen MR) is 70.5 cm³/mol. The topological polar surface area (TPSA) is 15.3 Å². The van der Waals surface area contributed by atoms with Gasteiger partial charge in [-0.25, -0.2) is 8.78 Å². The third kappa shape index (κ3) is 3.50. The van der Waals surface area contributed by atoms with Crippen LogP contribution >= 0.6 is 0 Å². The van der Waals surface area contributed by atoms with Gasteiger partial charge in [0.05, 0.1) is 0 Å². The minimum absolute atomic E-state index is 0.206. The van der Waals surface area contributed by atoms with Crippen molar-refractivity contribution in [3.8, 4) is 0 Å². The summed E-state index contributed by atoms with van der Waals surface area (Å²) in [5.74, 6) is -1.54. The van der Waals surface area contributed by atoms with Gasteiger partial charge in [0.2, 0.25) is 0 Å². The number of likely N-dealkylation sites (N-methyl/N-ethyl adjacent to an activating group) is 2. The minimum atomic E-state index is -0.791. The fourth-order valence-electron chi connectivity index (χ4n) is 2.07. The van der Waals surface area contributed by atoms with Crippen LogP contribution in [0, 0.1) is 11.6 Å². The first kappa shape index (κ1) is 15.1. The van der Waals surface area contributed by atoms with Gasteiger partial charge in [-0.2, -0.15) is 0 Å². The Labute approximate surface area is 108 Å². The van der Waals surface area contributed by atoms with Crippen LogP contribution in [0.2, 0.25) is 0 Å². The highest BCUT2D eigenvalue weighted by atomic mass is 19.2. The van der Waals surface area contributed by atoms with Crippen molar-refractivity contribution in [2.24, 2.45) is 0 Å². The number of nitrogens with zero attached hydrogens (tertiary/aromatic N) is 1. The molecule has 0 aliphatic rings. The van der Waals surface area contributed by atoms with E-state index in [0.717, 1.165) is 12.6 Å². The van der Waals surface area contributed by atoms with Gasteiger partial charge in [0, 0.05) is 24.2 Å². The largest absolute Gasteiger partial charge is 0.312 e. The Morgan fingerprint density at radius 2 is 1.94 bits per heavy atom. The van der Waals surface area contributed by atoms with Gasteiger partial charge < -0.3 is 5.32 Å². The molecule has 0 saturated heterocycles. The molecule has 0 spiro atoms. The van der Waals surface area contributed by atoms with Gasteiger partial charge in [-0.05, 0) is 33.5 Å². The molecule has 0 aliphatic heterocycles. The van der Waals surface area contributed by atoms with Crippen molar-refractivity contribution in [1.29, 1.82) is 0 Å². The highest BCUT2D eigenvalue weighted by Gasteiger charge is 2.20. The third-order valence-corrected chi connectivity index (χ3v) is 3.26. The van der Waals surface area contributed by atoms with Crippen LogP contribution in [0.4, 0.5) is 8.78 Å². The molecule has 2 nitrogen and oxygen atoms in total. The number of nitrogens with one attached hydrogen (secondary N) is 1. The summed E-state index contributed by atoms with van der Waals surface area (Å²) >= 11 is 0. The Morgan fingerprint density at radius 1 is 1.28 bits per heavy atom. The number of hydrogen-bond acceptors (Lipinski definition) is 2. The third-order valence-electron chi connectivity index (χ3n) is 3.26. The summed E-state index contributed by atoms with van der Waals surface area (Å²) in [5, 5.41) is 3.06. The molecule has 0 amide bonds. The molecule has 0 saturated carbocycles. The van der Waals surface area contributed by atoms with Gasteiger partial charge in [-0.15, -0.1) is 0 Å². The lowest BCUT2D eigenvalue weighted by Crippen LogP contribution is -2.38. The van der Waals surface area contributed by atoms with Gasteiger partial charge in [-0.3, -0.25) is 4.90 Å². The molecule has 0 aliphatic carbocycles. The maximum Gasteiger partial charge on any atom is 0.163 e. The van der Waals surface area contributed by atoms with Gasteiger partial charge in [0.1, 0.15) is 0 Å². The first-order valence-corrected chi connectivity index (χ1v) is 6.36. The summed E-state index contributed by atoms with van der Waals surface area (Å²) in [7, 11) is 1.77. The van der Waals surface area contributed by atoms with Crippen LogP contribution in [0.5, 0.6) is 0 Å². The van der Waals surface area contributed by atoms with Crippen LogP contribution in [-0.4, -0.2) is 31.1 Å². The average Bonchev–Trinajstić information content (AvgIpc) is 2.34. The fourth-order valence-corrected chi connectivity index (χ4v) is 2.07. The van der Waals surface area contributed by atoms with E-state index in [1.165, 1.54) is 0 Å². The van der Waals surface area contributed by atoms with Crippen LogP contribution in [0.25, 0.3) is 0 Å². The normalized spacial score (nSPS) is 13.3. The number of hydrogen-bond donors (Lipinski definition) is 1. The summed E-state index contributed by atoms with van der Waals surface area (Å²) in [6.45, 7) is 7.79. The molecular weight excluding hydrogens is 234 g/mol. The first-order valence-electron chi connectivity index (χ1n) is 6.36. The Balaban J connectivity index is 2.92. The zero-order valence-corrected chi connectivity index (χ0v) is 11.5. The molecule has 0 heterocycles. The van der Waals surface area contributed by atoms with E-state index in [-0.39, 0.29) is 6.04 Å². The van der Waals surface area contributed by atoms with Crippen LogP contribution in [-0.2, 0) is 0 Å². The lowest BCUT2D eigenvalue weighted by Gasteiger charge is -2.29. The first-order chi connectivity index (χ1) is 8.51. The van der Waals surface area contributed by atoms with Crippen LogP contribution in [0.3, 0.4) is 0 Å². The van der Waals surface area contributed by atoms with Crippen LogP contribution < -0.4 is 5.32 Å². The van der Waals surface area contributed by atoms with E-state index in [9.17, 15) is 8.78 Å². The van der Waals surface area contributed by atoms with Crippen molar-refractivity contribution >= 4 is 0 Å². The van der Waals surface area contributed by atoms with E-state index in [1.54, 1.807) is 19.2 Å². The van der Waals surface area contributed by atoms with E-state index in [4.69, 9.17) is 0 Å². The molecule has 1 rings (SSSR count). The van der Waals surface area contributed by atoms with Crippen LogP contribution in [0.15, 0.2) is 18.2 Å². The van der Waals surface area contributed by atoms with Crippen molar-refractivity contribution in [3.63, 3.8) is 0 Å². The molecule has 0 fully saturated rings. The van der Waals surface area contributed by atoms with E-state index in [2.05, 4.69) is 31.0 Å². The summed E-state index contributed by atoms with van der Waals surface area (Å²) in [6, 6.07) is 4.49. The Morgan fingerprint density at radius 3 is 2.44 bits per heavy atom. The number of halogens is 2. The maximum atomic E-state index is 13.8. The lowest BCUT2D eigenvalue weighted by molar-refractivity contribution is 0.209. The van der Waals surface area contributed by atoms with Gasteiger partial charge in [-0.1, -0.05) is 19.1 Å². The smallest absolute Gasteiger partial charge is 0.163 e. The van der Waals surface area contributed by atoms with Crippen LogP contribution in [0.1, 0.15) is 32.4 Å². The Hall–Kier alpha value is -1.00.